The first-order valence-corrected chi connectivity index (χ1v) is 15.1. The summed E-state index contributed by atoms with van der Waals surface area (Å²) in [7, 11) is -0.425. The predicted octanol–water partition coefficient (Wildman–Crippen LogP) is 9.93. The standard InChI is InChI=1S/C40H33BO2/c1-39(2)40(3,4)43-41(42-39)36-25-13-21-28-29(36)22-12-24-31(28)38-34-19-9-7-17-32(34)37(33-18-8-10-20-35(33)38)30-23-11-15-26-14-5-6-16-27(26)30/h5-25H,1-4H3. The van der Waals surface area contributed by atoms with Gasteiger partial charge in [-0.2, -0.15) is 0 Å². The van der Waals surface area contributed by atoms with Crippen molar-refractivity contribution >= 4 is 55.7 Å². The van der Waals surface area contributed by atoms with E-state index in [2.05, 4.69) is 155 Å². The lowest BCUT2D eigenvalue weighted by atomic mass is 9.75. The fraction of sp³-hybridized carbons (Fsp3) is 0.150. The number of rotatable bonds is 3. The summed E-state index contributed by atoms with van der Waals surface area (Å²) in [5, 5.41) is 9.88. The molecule has 0 N–H and O–H groups in total. The summed E-state index contributed by atoms with van der Waals surface area (Å²) < 4.78 is 13.0. The Bertz CT molecular complexity index is 2130. The van der Waals surface area contributed by atoms with Gasteiger partial charge in [0.05, 0.1) is 11.2 Å². The van der Waals surface area contributed by atoms with Crippen molar-refractivity contribution in [2.24, 2.45) is 0 Å². The van der Waals surface area contributed by atoms with Crippen LogP contribution in [-0.2, 0) is 9.31 Å². The van der Waals surface area contributed by atoms with Gasteiger partial charge < -0.3 is 9.31 Å². The summed E-state index contributed by atoms with van der Waals surface area (Å²) in [6.07, 6.45) is 0. The predicted molar refractivity (Wildman–Crippen MR) is 183 cm³/mol. The van der Waals surface area contributed by atoms with E-state index in [1.54, 1.807) is 0 Å². The van der Waals surface area contributed by atoms with Gasteiger partial charge in [-0.1, -0.05) is 127 Å². The van der Waals surface area contributed by atoms with Gasteiger partial charge >= 0.3 is 7.12 Å². The van der Waals surface area contributed by atoms with Gasteiger partial charge in [0.15, 0.2) is 0 Å². The van der Waals surface area contributed by atoms with Crippen LogP contribution in [0.5, 0.6) is 0 Å². The Morgan fingerprint density at radius 3 is 1.37 bits per heavy atom. The Hall–Kier alpha value is -4.44. The van der Waals surface area contributed by atoms with Crippen molar-refractivity contribution < 1.29 is 9.31 Å². The minimum Gasteiger partial charge on any atom is -0.399 e. The van der Waals surface area contributed by atoms with Crippen molar-refractivity contribution in [1.29, 1.82) is 0 Å². The molecule has 7 aromatic rings. The maximum Gasteiger partial charge on any atom is 0.495 e. The highest BCUT2D eigenvalue weighted by Crippen LogP contribution is 2.46. The third kappa shape index (κ3) is 3.96. The molecule has 0 spiro atoms. The lowest BCUT2D eigenvalue weighted by molar-refractivity contribution is 0.00578. The van der Waals surface area contributed by atoms with Crippen LogP contribution in [0.25, 0.3) is 65.3 Å². The highest BCUT2D eigenvalue weighted by atomic mass is 16.7. The van der Waals surface area contributed by atoms with Crippen molar-refractivity contribution in [1.82, 2.24) is 0 Å². The maximum atomic E-state index is 6.52. The van der Waals surface area contributed by atoms with E-state index < -0.39 is 18.3 Å². The molecule has 0 bridgehead atoms. The molecule has 43 heavy (non-hydrogen) atoms. The van der Waals surface area contributed by atoms with Crippen molar-refractivity contribution in [2.45, 2.75) is 38.9 Å². The minimum atomic E-state index is -0.425. The second-order valence-corrected chi connectivity index (χ2v) is 12.7. The highest BCUT2D eigenvalue weighted by molar-refractivity contribution is 6.65. The van der Waals surface area contributed by atoms with Crippen molar-refractivity contribution in [3.8, 4) is 22.3 Å². The SMILES string of the molecule is CC1(C)OB(c2cccc3c(-c4c5ccccc5c(-c5cccc6ccccc56)c5ccccc45)cccc23)OC1(C)C. The lowest BCUT2D eigenvalue weighted by Crippen LogP contribution is -2.41. The van der Waals surface area contributed by atoms with Crippen molar-refractivity contribution in [3.63, 3.8) is 0 Å². The maximum absolute atomic E-state index is 6.52. The number of hydrogen-bond donors (Lipinski definition) is 0. The Balaban J connectivity index is 1.44. The van der Waals surface area contributed by atoms with E-state index in [0.717, 1.165) is 10.8 Å². The van der Waals surface area contributed by atoms with E-state index in [-0.39, 0.29) is 0 Å². The molecule has 0 aliphatic carbocycles. The van der Waals surface area contributed by atoms with Gasteiger partial charge in [0.1, 0.15) is 0 Å². The molecule has 1 aliphatic heterocycles. The number of hydrogen-bond acceptors (Lipinski definition) is 2. The Labute approximate surface area is 253 Å². The van der Waals surface area contributed by atoms with Crippen molar-refractivity contribution in [3.05, 3.63) is 127 Å². The second kappa shape index (κ2) is 9.54. The van der Waals surface area contributed by atoms with E-state index in [0.29, 0.717) is 0 Å². The molecule has 0 atom stereocenters. The minimum absolute atomic E-state index is 0.402. The Morgan fingerprint density at radius 2 is 0.791 bits per heavy atom. The molecule has 2 nitrogen and oxygen atoms in total. The molecular formula is C40H33BO2. The van der Waals surface area contributed by atoms with Crippen LogP contribution in [-0.4, -0.2) is 18.3 Å². The fourth-order valence-electron chi connectivity index (χ4n) is 6.88. The molecule has 1 heterocycles. The van der Waals surface area contributed by atoms with Crippen molar-refractivity contribution in [2.75, 3.05) is 0 Å². The van der Waals surface area contributed by atoms with Crippen LogP contribution in [0.15, 0.2) is 127 Å². The molecule has 8 rings (SSSR count). The van der Waals surface area contributed by atoms with Crippen LogP contribution in [0.3, 0.4) is 0 Å². The van der Waals surface area contributed by atoms with Crippen LogP contribution in [0, 0.1) is 0 Å². The first kappa shape index (κ1) is 26.2. The van der Waals surface area contributed by atoms with Crippen LogP contribution in [0.4, 0.5) is 0 Å². The van der Waals surface area contributed by atoms with Gasteiger partial charge in [-0.05, 0) is 98.5 Å². The van der Waals surface area contributed by atoms with E-state index in [1.807, 2.05) is 0 Å². The lowest BCUT2D eigenvalue weighted by Gasteiger charge is -2.32. The van der Waals surface area contributed by atoms with E-state index in [4.69, 9.17) is 9.31 Å². The molecule has 1 saturated heterocycles. The van der Waals surface area contributed by atoms with Gasteiger partial charge in [0.2, 0.25) is 0 Å². The summed E-state index contributed by atoms with van der Waals surface area (Å²) >= 11 is 0. The highest BCUT2D eigenvalue weighted by Gasteiger charge is 2.52. The van der Waals surface area contributed by atoms with Crippen LogP contribution in [0.2, 0.25) is 0 Å². The smallest absolute Gasteiger partial charge is 0.399 e. The number of fused-ring (bicyclic) bond motifs is 4. The summed E-state index contributed by atoms with van der Waals surface area (Å²) in [5.41, 5.74) is 5.28. The summed E-state index contributed by atoms with van der Waals surface area (Å²) in [4.78, 5) is 0. The third-order valence-corrected chi connectivity index (χ3v) is 9.72. The Morgan fingerprint density at radius 1 is 0.395 bits per heavy atom. The Kier molecular flexibility index (Phi) is 5.81. The summed E-state index contributed by atoms with van der Waals surface area (Å²) in [6.45, 7) is 8.44. The molecule has 0 aromatic heterocycles. The topological polar surface area (TPSA) is 18.5 Å². The second-order valence-electron chi connectivity index (χ2n) is 12.7. The van der Waals surface area contributed by atoms with Crippen LogP contribution >= 0.6 is 0 Å². The van der Waals surface area contributed by atoms with Gasteiger partial charge in [-0.3, -0.25) is 0 Å². The number of benzene rings is 7. The molecule has 208 valence electrons. The summed E-state index contributed by atoms with van der Waals surface area (Å²) in [6, 6.07) is 46.3. The fourth-order valence-corrected chi connectivity index (χ4v) is 6.88. The molecule has 7 aromatic carbocycles. The van der Waals surface area contributed by atoms with Gasteiger partial charge in [0.25, 0.3) is 0 Å². The molecule has 0 radical (unpaired) electrons. The van der Waals surface area contributed by atoms with Crippen LogP contribution < -0.4 is 5.46 Å². The normalized spacial score (nSPS) is 16.0. The average Bonchev–Trinajstić information content (AvgIpc) is 3.25. The van der Waals surface area contributed by atoms with Gasteiger partial charge in [-0.25, -0.2) is 0 Å². The van der Waals surface area contributed by atoms with E-state index in [1.165, 1.54) is 60.0 Å². The molecule has 3 heteroatoms. The zero-order valence-corrected chi connectivity index (χ0v) is 25.0. The first-order valence-electron chi connectivity index (χ1n) is 15.1. The molecule has 0 saturated carbocycles. The van der Waals surface area contributed by atoms with Gasteiger partial charge in [-0.15, -0.1) is 0 Å². The van der Waals surface area contributed by atoms with E-state index >= 15 is 0 Å². The summed E-state index contributed by atoms with van der Waals surface area (Å²) in [5.74, 6) is 0. The molecule has 1 aliphatic rings. The van der Waals surface area contributed by atoms with Crippen LogP contribution in [0.1, 0.15) is 27.7 Å². The third-order valence-electron chi connectivity index (χ3n) is 9.72. The zero-order valence-electron chi connectivity index (χ0n) is 25.0. The average molecular weight is 557 g/mol. The molecule has 1 fully saturated rings. The quantitative estimate of drug-likeness (QED) is 0.159. The largest absolute Gasteiger partial charge is 0.495 e. The van der Waals surface area contributed by atoms with Gasteiger partial charge in [0, 0.05) is 0 Å². The molecule has 0 amide bonds. The molecule has 0 unspecified atom stereocenters. The van der Waals surface area contributed by atoms with E-state index in [9.17, 15) is 0 Å². The monoisotopic (exact) mass is 556 g/mol. The molecular weight excluding hydrogens is 523 g/mol. The zero-order chi connectivity index (χ0) is 29.3. The first-order chi connectivity index (χ1) is 20.8.